The molecule has 0 saturated heterocycles. The lowest BCUT2D eigenvalue weighted by molar-refractivity contribution is -0.120. The van der Waals surface area contributed by atoms with Crippen molar-refractivity contribution in [1.82, 2.24) is 16.2 Å². The van der Waals surface area contributed by atoms with Crippen molar-refractivity contribution < 1.29 is 17.9 Å². The molecule has 0 unspecified atom stereocenters. The molecule has 0 aliphatic heterocycles. The van der Waals surface area contributed by atoms with Crippen LogP contribution in [0.2, 0.25) is 5.02 Å². The summed E-state index contributed by atoms with van der Waals surface area (Å²) in [5.41, 5.74) is 5.14. The molecule has 1 atom stereocenters. The van der Waals surface area contributed by atoms with E-state index < -0.39 is 22.5 Å². The van der Waals surface area contributed by atoms with Gasteiger partial charge in [-0.1, -0.05) is 17.7 Å². The predicted octanol–water partition coefficient (Wildman–Crippen LogP) is 0.636. The van der Waals surface area contributed by atoms with Crippen LogP contribution in [0.1, 0.15) is 6.92 Å². The van der Waals surface area contributed by atoms with E-state index in [0.29, 0.717) is 17.3 Å². The van der Waals surface area contributed by atoms with Gasteiger partial charge in [-0.15, -0.1) is 0 Å². The molecule has 1 aromatic carbocycles. The highest BCUT2D eigenvalue weighted by Gasteiger charge is 2.21. The molecule has 0 radical (unpaired) electrons. The van der Waals surface area contributed by atoms with Gasteiger partial charge in [-0.2, -0.15) is 0 Å². The van der Waals surface area contributed by atoms with E-state index in [1.165, 1.54) is 6.07 Å². The first-order valence-electron chi connectivity index (χ1n) is 7.21. The fourth-order valence-electron chi connectivity index (χ4n) is 1.88. The van der Waals surface area contributed by atoms with Gasteiger partial charge in [-0.3, -0.25) is 20.0 Å². The van der Waals surface area contributed by atoms with Gasteiger partial charge in [0.15, 0.2) is 5.11 Å². The van der Waals surface area contributed by atoms with E-state index in [-0.39, 0.29) is 11.2 Å². The molecule has 0 heterocycles. The zero-order valence-electron chi connectivity index (χ0n) is 14.1. The van der Waals surface area contributed by atoms with E-state index in [9.17, 15) is 13.2 Å². The lowest BCUT2D eigenvalue weighted by Crippen LogP contribution is -2.52. The highest BCUT2D eigenvalue weighted by atomic mass is 35.5. The number of rotatable bonds is 7. The second-order valence-corrected chi connectivity index (χ2v) is 8.00. The number of hydrogen-bond acceptors (Lipinski definition) is 5. The van der Waals surface area contributed by atoms with Crippen molar-refractivity contribution in [2.24, 2.45) is 0 Å². The van der Waals surface area contributed by atoms with Crippen molar-refractivity contribution in [3.8, 4) is 0 Å². The minimum Gasteiger partial charge on any atom is -0.383 e. The summed E-state index contributed by atoms with van der Waals surface area (Å²) in [6, 6.07) is 6.16. The average molecular weight is 409 g/mol. The SMILES string of the molecule is COC[C@H](C)NC(=S)NNC(=O)CN(c1cccc(Cl)c1)S(C)(=O)=O. The number of anilines is 1. The number of hydrazine groups is 1. The van der Waals surface area contributed by atoms with Gasteiger partial charge in [-0.05, 0) is 37.3 Å². The fraction of sp³-hybridized carbons (Fsp3) is 0.429. The van der Waals surface area contributed by atoms with Crippen LogP contribution >= 0.6 is 23.8 Å². The second kappa shape index (κ2) is 9.76. The number of sulfonamides is 1. The van der Waals surface area contributed by atoms with Gasteiger partial charge < -0.3 is 10.1 Å². The Morgan fingerprint density at radius 2 is 2.08 bits per heavy atom. The molecular weight excluding hydrogens is 388 g/mol. The molecular formula is C14H21ClN4O4S2. The van der Waals surface area contributed by atoms with Crippen molar-refractivity contribution in [3.05, 3.63) is 29.3 Å². The molecule has 8 nitrogen and oxygen atoms in total. The van der Waals surface area contributed by atoms with Crippen LogP contribution in [-0.2, 0) is 19.6 Å². The summed E-state index contributed by atoms with van der Waals surface area (Å²) in [6.45, 7) is 1.86. The summed E-state index contributed by atoms with van der Waals surface area (Å²) in [5.74, 6) is -0.589. The first-order valence-corrected chi connectivity index (χ1v) is 9.84. The zero-order valence-corrected chi connectivity index (χ0v) is 16.5. The minimum atomic E-state index is -3.67. The van der Waals surface area contributed by atoms with Gasteiger partial charge in [0.05, 0.1) is 18.6 Å². The number of carbonyl (C=O) groups excluding carboxylic acids is 1. The van der Waals surface area contributed by atoms with E-state index >= 15 is 0 Å². The van der Waals surface area contributed by atoms with Crippen molar-refractivity contribution in [3.63, 3.8) is 0 Å². The van der Waals surface area contributed by atoms with Crippen molar-refractivity contribution >= 4 is 50.5 Å². The first kappa shape index (κ1) is 21.4. The van der Waals surface area contributed by atoms with Gasteiger partial charge in [0.2, 0.25) is 10.0 Å². The van der Waals surface area contributed by atoms with Crippen molar-refractivity contribution in [2.75, 3.05) is 30.8 Å². The Bertz CT molecular complexity index is 715. The summed E-state index contributed by atoms with van der Waals surface area (Å²) >= 11 is 10.9. The van der Waals surface area contributed by atoms with E-state index in [0.717, 1.165) is 10.6 Å². The lowest BCUT2D eigenvalue weighted by atomic mass is 10.3. The topological polar surface area (TPSA) is 99.8 Å². The maximum Gasteiger partial charge on any atom is 0.259 e. The molecule has 140 valence electrons. The molecule has 0 saturated carbocycles. The van der Waals surface area contributed by atoms with Gasteiger partial charge in [0, 0.05) is 18.2 Å². The van der Waals surface area contributed by atoms with Gasteiger partial charge in [0.25, 0.3) is 5.91 Å². The number of ether oxygens (including phenoxy) is 1. The Morgan fingerprint density at radius 3 is 2.64 bits per heavy atom. The number of carbonyl (C=O) groups is 1. The monoisotopic (exact) mass is 408 g/mol. The number of methoxy groups -OCH3 is 1. The van der Waals surface area contributed by atoms with Crippen molar-refractivity contribution in [2.45, 2.75) is 13.0 Å². The predicted molar refractivity (Wildman–Crippen MR) is 102 cm³/mol. The van der Waals surface area contributed by atoms with E-state index in [4.69, 9.17) is 28.6 Å². The molecule has 0 fully saturated rings. The molecule has 0 spiro atoms. The molecule has 3 N–H and O–H groups in total. The number of nitrogens with one attached hydrogen (secondary N) is 3. The summed E-state index contributed by atoms with van der Waals surface area (Å²) in [4.78, 5) is 12.0. The Morgan fingerprint density at radius 1 is 1.40 bits per heavy atom. The number of amides is 1. The van der Waals surface area contributed by atoms with Gasteiger partial charge in [0.1, 0.15) is 6.54 Å². The second-order valence-electron chi connectivity index (χ2n) is 5.25. The van der Waals surface area contributed by atoms with E-state index in [2.05, 4.69) is 16.2 Å². The third kappa shape index (κ3) is 7.86. The highest BCUT2D eigenvalue weighted by molar-refractivity contribution is 7.92. The minimum absolute atomic E-state index is 0.0547. The van der Waals surface area contributed by atoms with Crippen LogP contribution in [0.4, 0.5) is 5.69 Å². The van der Waals surface area contributed by atoms with Crippen LogP contribution in [0.25, 0.3) is 0 Å². The molecule has 0 aromatic heterocycles. The summed E-state index contributed by atoms with van der Waals surface area (Å²) in [7, 11) is -2.11. The van der Waals surface area contributed by atoms with Gasteiger partial charge in [-0.25, -0.2) is 8.42 Å². The maximum atomic E-state index is 12.0. The molecule has 0 aliphatic carbocycles. The standard InChI is InChI=1S/C14H21ClN4O4S2/c1-10(9-23-2)16-14(24)18-17-13(20)8-19(25(3,21)22)12-6-4-5-11(15)7-12/h4-7,10H,8-9H2,1-3H3,(H,17,20)(H2,16,18,24)/t10-/m0/s1. The average Bonchev–Trinajstić information content (AvgIpc) is 2.49. The van der Waals surface area contributed by atoms with Crippen LogP contribution < -0.4 is 20.5 Å². The quantitative estimate of drug-likeness (QED) is 0.449. The number of hydrogen-bond donors (Lipinski definition) is 3. The Balaban J connectivity index is 2.67. The number of benzene rings is 1. The largest absolute Gasteiger partial charge is 0.383 e. The zero-order chi connectivity index (χ0) is 19.0. The molecule has 1 rings (SSSR count). The number of halogens is 1. The number of thiocarbonyl (C=S) groups is 1. The van der Waals surface area contributed by atoms with Crippen LogP contribution in [-0.4, -0.2) is 52.0 Å². The fourth-order valence-corrected chi connectivity index (χ4v) is 3.16. The maximum absolute atomic E-state index is 12.0. The Hall–Kier alpha value is -1.62. The Kier molecular flexibility index (Phi) is 8.36. The summed E-state index contributed by atoms with van der Waals surface area (Å²) in [5, 5.41) is 3.44. The normalized spacial score (nSPS) is 12.2. The molecule has 1 amide bonds. The molecule has 1 aromatic rings. The van der Waals surface area contributed by atoms with Crippen LogP contribution in [0, 0.1) is 0 Å². The molecule has 0 bridgehead atoms. The molecule has 0 aliphatic rings. The first-order chi connectivity index (χ1) is 11.6. The van der Waals surface area contributed by atoms with Gasteiger partial charge >= 0.3 is 0 Å². The van der Waals surface area contributed by atoms with Crippen LogP contribution in [0.3, 0.4) is 0 Å². The van der Waals surface area contributed by atoms with E-state index in [1.807, 2.05) is 6.92 Å². The van der Waals surface area contributed by atoms with Crippen molar-refractivity contribution in [1.29, 1.82) is 0 Å². The third-order valence-electron chi connectivity index (χ3n) is 2.89. The number of nitrogens with zero attached hydrogens (tertiary/aromatic N) is 1. The smallest absolute Gasteiger partial charge is 0.259 e. The van der Waals surface area contributed by atoms with E-state index in [1.54, 1.807) is 25.3 Å². The third-order valence-corrected chi connectivity index (χ3v) is 4.49. The van der Waals surface area contributed by atoms with Crippen LogP contribution in [0.15, 0.2) is 24.3 Å². The highest BCUT2D eigenvalue weighted by Crippen LogP contribution is 2.21. The lowest BCUT2D eigenvalue weighted by Gasteiger charge is -2.22. The van der Waals surface area contributed by atoms with Crippen LogP contribution in [0.5, 0.6) is 0 Å². The Labute approximate surface area is 157 Å². The molecule has 25 heavy (non-hydrogen) atoms. The summed E-state index contributed by atoms with van der Waals surface area (Å²) < 4.78 is 29.8. The molecule has 11 heteroatoms. The summed E-state index contributed by atoms with van der Waals surface area (Å²) in [6.07, 6.45) is 1.01.